The standard InChI is InChI=1S/C34H44N3O4P/c1-25(2)37(26(3)4)42(40-23-13-22-35)41-32-24-39-27(5)33(32)36-34(28-14-9-7-10-15-28,29-16-11-8-12-17-29)30-18-20-31(38-6)21-19-30/h7-12,14-21,25-27,32-33,36H,13,23-24H2,1-6H3/t27?,32-,33+,42?/m0/s1. The zero-order valence-electron chi connectivity index (χ0n) is 25.6. The van der Waals surface area contributed by atoms with Crippen LogP contribution in [0.2, 0.25) is 0 Å². The van der Waals surface area contributed by atoms with Gasteiger partial charge in [-0.05, 0) is 63.4 Å². The average molecular weight is 590 g/mol. The summed E-state index contributed by atoms with van der Waals surface area (Å²) in [6, 6.07) is 31.7. The van der Waals surface area contributed by atoms with Gasteiger partial charge in [-0.15, -0.1) is 0 Å². The summed E-state index contributed by atoms with van der Waals surface area (Å²) in [7, 11) is 0.247. The fraction of sp³-hybridized carbons (Fsp3) is 0.441. The van der Waals surface area contributed by atoms with Crippen molar-refractivity contribution in [2.24, 2.45) is 0 Å². The van der Waals surface area contributed by atoms with Gasteiger partial charge in [0, 0.05) is 12.1 Å². The molecule has 0 radical (unpaired) electrons. The third-order valence-corrected chi connectivity index (χ3v) is 9.79. The second-order valence-electron chi connectivity index (χ2n) is 11.1. The Labute approximate surface area is 252 Å². The second kappa shape index (κ2) is 15.1. The first-order valence-corrected chi connectivity index (χ1v) is 15.8. The monoisotopic (exact) mass is 589 g/mol. The van der Waals surface area contributed by atoms with Crippen LogP contribution in [0, 0.1) is 11.3 Å². The summed E-state index contributed by atoms with van der Waals surface area (Å²) in [5, 5.41) is 13.2. The number of hydrogen-bond acceptors (Lipinski definition) is 7. The highest BCUT2D eigenvalue weighted by molar-refractivity contribution is 7.44. The molecule has 0 aliphatic carbocycles. The van der Waals surface area contributed by atoms with Crippen molar-refractivity contribution in [1.82, 2.24) is 9.99 Å². The molecule has 1 aliphatic rings. The molecule has 1 aliphatic heterocycles. The van der Waals surface area contributed by atoms with Crippen LogP contribution in [0.3, 0.4) is 0 Å². The molecule has 3 aromatic carbocycles. The van der Waals surface area contributed by atoms with Gasteiger partial charge in [-0.3, -0.25) is 5.32 Å². The van der Waals surface area contributed by atoms with Crippen molar-refractivity contribution in [3.05, 3.63) is 102 Å². The molecule has 0 spiro atoms. The minimum atomic E-state index is -1.44. The smallest absolute Gasteiger partial charge is 0.259 e. The predicted octanol–water partition coefficient (Wildman–Crippen LogP) is 7.03. The Morgan fingerprint density at radius 2 is 1.48 bits per heavy atom. The molecular weight excluding hydrogens is 545 g/mol. The normalized spacial score (nSPS) is 19.8. The van der Waals surface area contributed by atoms with Crippen molar-refractivity contribution in [2.75, 3.05) is 20.3 Å². The fourth-order valence-electron chi connectivity index (χ4n) is 5.69. The number of rotatable bonds is 14. The third kappa shape index (κ3) is 7.21. The van der Waals surface area contributed by atoms with Crippen LogP contribution in [0.25, 0.3) is 0 Å². The van der Waals surface area contributed by atoms with E-state index in [4.69, 9.17) is 23.8 Å². The molecule has 3 aromatic rings. The van der Waals surface area contributed by atoms with Crippen molar-refractivity contribution in [2.45, 2.75) is 76.9 Å². The molecule has 0 amide bonds. The number of benzene rings is 3. The lowest BCUT2D eigenvalue weighted by atomic mass is 9.76. The molecule has 1 N–H and O–H groups in total. The second-order valence-corrected chi connectivity index (χ2v) is 12.5. The van der Waals surface area contributed by atoms with E-state index >= 15 is 0 Å². The minimum absolute atomic E-state index is 0.123. The van der Waals surface area contributed by atoms with Gasteiger partial charge in [0.25, 0.3) is 8.53 Å². The first-order chi connectivity index (χ1) is 20.3. The maximum absolute atomic E-state index is 9.17. The van der Waals surface area contributed by atoms with Crippen LogP contribution in [-0.4, -0.2) is 55.3 Å². The maximum Gasteiger partial charge on any atom is 0.259 e. The topological polar surface area (TPSA) is 76.0 Å². The Bertz CT molecular complexity index is 1220. The van der Waals surface area contributed by atoms with E-state index in [0.717, 1.165) is 22.4 Å². The molecule has 7 nitrogen and oxygen atoms in total. The Kier molecular flexibility index (Phi) is 11.5. The van der Waals surface area contributed by atoms with E-state index in [0.29, 0.717) is 19.6 Å². The maximum atomic E-state index is 9.17. The average Bonchev–Trinajstić information content (AvgIpc) is 3.34. The lowest BCUT2D eigenvalue weighted by molar-refractivity contribution is 0.0920. The minimum Gasteiger partial charge on any atom is -0.497 e. The molecule has 2 unspecified atom stereocenters. The molecule has 8 heteroatoms. The van der Waals surface area contributed by atoms with Crippen molar-refractivity contribution in [3.63, 3.8) is 0 Å². The summed E-state index contributed by atoms with van der Waals surface area (Å²) in [6.07, 6.45) is -0.0885. The lowest BCUT2D eigenvalue weighted by Gasteiger charge is -2.42. The largest absolute Gasteiger partial charge is 0.497 e. The van der Waals surface area contributed by atoms with Crippen LogP contribution in [-0.2, 0) is 19.3 Å². The quantitative estimate of drug-likeness (QED) is 0.123. The number of hydrogen-bond donors (Lipinski definition) is 1. The van der Waals surface area contributed by atoms with Crippen molar-refractivity contribution in [1.29, 1.82) is 5.26 Å². The summed E-state index contributed by atoms with van der Waals surface area (Å²) in [6.45, 7) is 11.4. The first kappa shape index (κ1) is 32.1. The molecule has 1 heterocycles. The highest BCUT2D eigenvalue weighted by Crippen LogP contribution is 2.49. The van der Waals surface area contributed by atoms with Gasteiger partial charge in [-0.25, -0.2) is 4.67 Å². The Morgan fingerprint density at radius 3 is 1.98 bits per heavy atom. The zero-order chi connectivity index (χ0) is 30.1. The first-order valence-electron chi connectivity index (χ1n) is 14.7. The summed E-state index contributed by atoms with van der Waals surface area (Å²) in [5.74, 6) is 0.801. The van der Waals surface area contributed by atoms with E-state index in [-0.39, 0.29) is 30.3 Å². The van der Waals surface area contributed by atoms with Crippen LogP contribution in [0.5, 0.6) is 5.75 Å². The number of nitrogens with one attached hydrogen (secondary N) is 1. The van der Waals surface area contributed by atoms with Crippen LogP contribution < -0.4 is 10.1 Å². The molecule has 42 heavy (non-hydrogen) atoms. The van der Waals surface area contributed by atoms with Gasteiger partial charge in [0.15, 0.2) is 0 Å². The summed E-state index contributed by atoms with van der Waals surface area (Å²) < 4.78 is 27.2. The van der Waals surface area contributed by atoms with E-state index in [1.807, 2.05) is 24.3 Å². The molecule has 1 fully saturated rings. The zero-order valence-corrected chi connectivity index (χ0v) is 26.5. The van der Waals surface area contributed by atoms with E-state index in [2.05, 4.69) is 111 Å². The van der Waals surface area contributed by atoms with Crippen LogP contribution >= 0.6 is 8.53 Å². The SMILES string of the molecule is COc1ccc(C(N[C@@H]2C(C)OC[C@@H]2OP(OCCC#N)N(C(C)C)C(C)C)(c2ccccc2)c2ccccc2)cc1. The van der Waals surface area contributed by atoms with Crippen LogP contribution in [0.4, 0.5) is 0 Å². The van der Waals surface area contributed by atoms with Gasteiger partial charge < -0.3 is 18.5 Å². The summed E-state index contributed by atoms with van der Waals surface area (Å²) in [5.41, 5.74) is 2.59. The van der Waals surface area contributed by atoms with E-state index in [1.54, 1.807) is 7.11 Å². The van der Waals surface area contributed by atoms with Crippen LogP contribution in [0.15, 0.2) is 84.9 Å². The Balaban J connectivity index is 1.79. The molecule has 224 valence electrons. The van der Waals surface area contributed by atoms with Crippen LogP contribution in [0.1, 0.15) is 57.7 Å². The molecule has 0 saturated carbocycles. The number of nitrogens with zero attached hydrogens (tertiary/aromatic N) is 2. The van der Waals surface area contributed by atoms with E-state index < -0.39 is 14.1 Å². The number of methoxy groups -OCH3 is 1. The molecule has 4 atom stereocenters. The third-order valence-electron chi connectivity index (χ3n) is 7.64. The number of ether oxygens (including phenoxy) is 2. The van der Waals surface area contributed by atoms with E-state index in [9.17, 15) is 0 Å². The molecular formula is C34H44N3O4P. The van der Waals surface area contributed by atoms with Crippen molar-refractivity contribution in [3.8, 4) is 11.8 Å². The highest BCUT2D eigenvalue weighted by atomic mass is 31.2. The van der Waals surface area contributed by atoms with Crippen molar-refractivity contribution < 1.29 is 18.5 Å². The Hall–Kier alpha value is -2.82. The Morgan fingerprint density at radius 1 is 0.929 bits per heavy atom. The molecule has 4 rings (SSSR count). The van der Waals surface area contributed by atoms with E-state index in [1.165, 1.54) is 0 Å². The van der Waals surface area contributed by atoms with Gasteiger partial charge in [-0.2, -0.15) is 5.26 Å². The molecule has 1 saturated heterocycles. The van der Waals surface area contributed by atoms with Gasteiger partial charge >= 0.3 is 0 Å². The predicted molar refractivity (Wildman–Crippen MR) is 168 cm³/mol. The summed E-state index contributed by atoms with van der Waals surface area (Å²) in [4.78, 5) is 0. The summed E-state index contributed by atoms with van der Waals surface area (Å²) >= 11 is 0. The van der Waals surface area contributed by atoms with Gasteiger partial charge in [0.05, 0.1) is 50.5 Å². The van der Waals surface area contributed by atoms with Gasteiger partial charge in [0.1, 0.15) is 11.9 Å². The van der Waals surface area contributed by atoms with Crippen molar-refractivity contribution >= 4 is 8.53 Å². The lowest BCUT2D eigenvalue weighted by Crippen LogP contribution is -2.55. The number of nitriles is 1. The highest BCUT2D eigenvalue weighted by Gasteiger charge is 2.46. The molecule has 0 bridgehead atoms. The van der Waals surface area contributed by atoms with Gasteiger partial charge in [0.2, 0.25) is 0 Å². The molecule has 0 aromatic heterocycles. The van der Waals surface area contributed by atoms with Gasteiger partial charge in [-0.1, -0.05) is 72.8 Å². The fourth-order valence-corrected chi connectivity index (χ4v) is 7.42.